The Kier molecular flexibility index (Phi) is 11.2. The number of hydrogen-bond donors (Lipinski definition) is 0. The Balaban J connectivity index is 1.12. The van der Waals surface area contributed by atoms with Gasteiger partial charge >= 0.3 is 0 Å². The van der Waals surface area contributed by atoms with Gasteiger partial charge in [-0.05, 0) is 104 Å². The van der Waals surface area contributed by atoms with Gasteiger partial charge in [0.1, 0.15) is 0 Å². The minimum absolute atomic E-state index is 0.212. The fraction of sp³-hybridized carbons (Fsp3) is 0.824. The predicted octanol–water partition coefficient (Wildman–Crippen LogP) is 11.2. The van der Waals surface area contributed by atoms with Crippen LogP contribution in [0.1, 0.15) is 153 Å². The van der Waals surface area contributed by atoms with Gasteiger partial charge in [0.15, 0.2) is 11.6 Å². The van der Waals surface area contributed by atoms with E-state index in [0.29, 0.717) is 17.5 Å². The molecule has 0 atom stereocenters. The first-order chi connectivity index (χ1) is 17.6. The number of rotatable bonds is 11. The zero-order valence-electron chi connectivity index (χ0n) is 23.5. The summed E-state index contributed by atoms with van der Waals surface area (Å²) in [6.07, 6.45) is 26.4. The molecule has 3 aliphatic rings. The Labute approximate surface area is 221 Å². The van der Waals surface area contributed by atoms with Crippen molar-refractivity contribution in [1.29, 1.82) is 0 Å². The van der Waals surface area contributed by atoms with Crippen LogP contribution < -0.4 is 0 Å². The van der Waals surface area contributed by atoms with Gasteiger partial charge in [-0.1, -0.05) is 96.6 Å². The van der Waals surface area contributed by atoms with Crippen molar-refractivity contribution in [3.8, 4) is 0 Å². The molecule has 0 unspecified atom stereocenters. The smallest absolute Gasteiger partial charge is 0.162 e. The number of aryl methyl sites for hydroxylation is 1. The van der Waals surface area contributed by atoms with Crippen LogP contribution in [0.5, 0.6) is 0 Å². The first-order valence-corrected chi connectivity index (χ1v) is 16.1. The van der Waals surface area contributed by atoms with Crippen LogP contribution in [0.3, 0.4) is 0 Å². The lowest BCUT2D eigenvalue weighted by Crippen LogP contribution is -2.26. The predicted molar refractivity (Wildman–Crippen MR) is 149 cm³/mol. The normalized spacial score (nSPS) is 31.4. The van der Waals surface area contributed by atoms with Crippen LogP contribution in [0.15, 0.2) is 12.1 Å². The summed E-state index contributed by atoms with van der Waals surface area (Å²) in [5, 5.41) is 0. The average Bonchev–Trinajstić information content (AvgIpc) is 2.92. The summed E-state index contributed by atoms with van der Waals surface area (Å²) >= 11 is 0. The Hall–Kier alpha value is -0.920. The lowest BCUT2D eigenvalue weighted by atomic mass is 9.67. The Morgan fingerprint density at radius 3 is 1.64 bits per heavy atom. The van der Waals surface area contributed by atoms with Gasteiger partial charge in [0, 0.05) is 0 Å². The number of halogens is 2. The van der Waals surface area contributed by atoms with E-state index >= 15 is 0 Å². The van der Waals surface area contributed by atoms with E-state index in [1.807, 2.05) is 19.1 Å². The maximum Gasteiger partial charge on any atom is 0.162 e. The highest BCUT2D eigenvalue weighted by Gasteiger charge is 2.31. The van der Waals surface area contributed by atoms with Crippen LogP contribution in [-0.4, -0.2) is 0 Å². The van der Waals surface area contributed by atoms with Gasteiger partial charge in [0.2, 0.25) is 0 Å². The van der Waals surface area contributed by atoms with Crippen LogP contribution >= 0.6 is 0 Å². The second kappa shape index (κ2) is 14.3. The van der Waals surface area contributed by atoms with Crippen molar-refractivity contribution in [1.82, 2.24) is 0 Å². The molecule has 0 radical (unpaired) electrons. The summed E-state index contributed by atoms with van der Waals surface area (Å²) in [5.74, 6) is 3.89. The summed E-state index contributed by atoms with van der Waals surface area (Å²) in [5.41, 5.74) is 1.18. The second-order valence-electron chi connectivity index (χ2n) is 13.0. The van der Waals surface area contributed by atoms with E-state index in [-0.39, 0.29) is 5.92 Å². The van der Waals surface area contributed by atoms with Crippen LogP contribution in [-0.2, 0) is 6.42 Å². The van der Waals surface area contributed by atoms with E-state index in [1.165, 1.54) is 103 Å². The molecule has 204 valence electrons. The molecule has 0 aromatic heterocycles. The molecule has 1 aromatic rings. The summed E-state index contributed by atoms with van der Waals surface area (Å²) < 4.78 is 29.2. The molecule has 0 spiro atoms. The van der Waals surface area contributed by atoms with Gasteiger partial charge in [-0.15, -0.1) is 0 Å². The highest BCUT2D eigenvalue weighted by molar-refractivity contribution is 5.29. The van der Waals surface area contributed by atoms with Crippen LogP contribution in [0.25, 0.3) is 0 Å². The molecule has 2 heteroatoms. The maximum absolute atomic E-state index is 14.7. The molecule has 0 nitrogen and oxygen atoms in total. The summed E-state index contributed by atoms with van der Waals surface area (Å²) in [6.45, 7) is 4.33. The summed E-state index contributed by atoms with van der Waals surface area (Å²) in [6, 6.07) is 3.71. The highest BCUT2D eigenvalue weighted by Crippen LogP contribution is 2.44. The van der Waals surface area contributed by atoms with Crippen molar-refractivity contribution in [2.24, 2.45) is 29.6 Å². The first kappa shape index (κ1) is 28.1. The van der Waals surface area contributed by atoms with Gasteiger partial charge < -0.3 is 0 Å². The van der Waals surface area contributed by atoms with Crippen molar-refractivity contribution in [2.75, 3.05) is 0 Å². The zero-order valence-corrected chi connectivity index (χ0v) is 23.5. The van der Waals surface area contributed by atoms with Gasteiger partial charge in [0.25, 0.3) is 0 Å². The third-order valence-electron chi connectivity index (χ3n) is 10.6. The standard InChI is InChI=1S/C34H54F2/c1-3-5-6-8-25-11-17-28(18-12-25)29-19-13-26(14-20-29)9-10-27-15-21-30(22-16-27)32-24-23-31(7-4-2)33(35)34(32)36/h23-30H,3-22H2,1-2H3. The summed E-state index contributed by atoms with van der Waals surface area (Å²) in [7, 11) is 0. The Bertz CT molecular complexity index is 762. The number of hydrogen-bond acceptors (Lipinski definition) is 0. The van der Waals surface area contributed by atoms with Crippen molar-refractivity contribution in [3.05, 3.63) is 34.9 Å². The molecule has 0 heterocycles. The summed E-state index contributed by atoms with van der Waals surface area (Å²) in [4.78, 5) is 0. The Morgan fingerprint density at radius 2 is 1.11 bits per heavy atom. The third kappa shape index (κ3) is 7.57. The molecule has 0 amide bonds. The van der Waals surface area contributed by atoms with E-state index in [9.17, 15) is 8.78 Å². The van der Waals surface area contributed by atoms with E-state index < -0.39 is 11.6 Å². The minimum Gasteiger partial charge on any atom is -0.203 e. The lowest BCUT2D eigenvalue weighted by molar-refractivity contribution is 0.136. The minimum atomic E-state index is -0.591. The first-order valence-electron chi connectivity index (χ1n) is 16.1. The average molecular weight is 501 g/mol. The number of unbranched alkanes of at least 4 members (excludes halogenated alkanes) is 2. The second-order valence-corrected chi connectivity index (χ2v) is 13.0. The van der Waals surface area contributed by atoms with Crippen LogP contribution in [0.2, 0.25) is 0 Å². The van der Waals surface area contributed by atoms with E-state index in [0.717, 1.165) is 48.9 Å². The molecule has 3 fully saturated rings. The maximum atomic E-state index is 14.7. The fourth-order valence-corrected chi connectivity index (χ4v) is 8.20. The molecule has 0 saturated heterocycles. The van der Waals surface area contributed by atoms with Crippen molar-refractivity contribution < 1.29 is 8.78 Å². The van der Waals surface area contributed by atoms with Crippen molar-refractivity contribution in [2.45, 2.75) is 148 Å². The molecule has 4 rings (SSSR count). The third-order valence-corrected chi connectivity index (χ3v) is 10.6. The van der Waals surface area contributed by atoms with Crippen LogP contribution in [0, 0.1) is 41.2 Å². The molecule has 0 bridgehead atoms. The molecular weight excluding hydrogens is 446 g/mol. The highest BCUT2D eigenvalue weighted by atomic mass is 19.2. The molecule has 3 saturated carbocycles. The van der Waals surface area contributed by atoms with Gasteiger partial charge in [-0.25, -0.2) is 8.78 Å². The quantitative estimate of drug-likeness (QED) is 0.265. The zero-order chi connectivity index (χ0) is 25.3. The topological polar surface area (TPSA) is 0 Å². The molecule has 3 aliphatic carbocycles. The van der Waals surface area contributed by atoms with Gasteiger partial charge in [-0.2, -0.15) is 0 Å². The molecule has 0 N–H and O–H groups in total. The van der Waals surface area contributed by atoms with Crippen molar-refractivity contribution >= 4 is 0 Å². The van der Waals surface area contributed by atoms with E-state index in [2.05, 4.69) is 6.92 Å². The lowest BCUT2D eigenvalue weighted by Gasteiger charge is -2.38. The van der Waals surface area contributed by atoms with Crippen molar-refractivity contribution in [3.63, 3.8) is 0 Å². The molecule has 36 heavy (non-hydrogen) atoms. The van der Waals surface area contributed by atoms with Crippen LogP contribution in [0.4, 0.5) is 8.78 Å². The molecule has 1 aromatic carbocycles. The molecule has 0 aliphatic heterocycles. The fourth-order valence-electron chi connectivity index (χ4n) is 8.20. The largest absolute Gasteiger partial charge is 0.203 e. The van der Waals surface area contributed by atoms with E-state index in [4.69, 9.17) is 0 Å². The monoisotopic (exact) mass is 500 g/mol. The SMILES string of the molecule is CCCCCC1CCC(C2CCC(CCC3CCC(c4ccc(CCC)c(F)c4F)CC3)CC2)CC1. The Morgan fingerprint density at radius 1 is 0.583 bits per heavy atom. The number of benzene rings is 1. The van der Waals surface area contributed by atoms with Gasteiger partial charge in [0.05, 0.1) is 0 Å². The van der Waals surface area contributed by atoms with Gasteiger partial charge in [-0.3, -0.25) is 0 Å². The van der Waals surface area contributed by atoms with E-state index in [1.54, 1.807) is 0 Å². The molecular formula is C34H54F2.